The van der Waals surface area contributed by atoms with Gasteiger partial charge in [0.2, 0.25) is 0 Å². The van der Waals surface area contributed by atoms with E-state index < -0.39 is 0 Å². The van der Waals surface area contributed by atoms with Crippen molar-refractivity contribution in [2.75, 3.05) is 7.11 Å². The number of aromatic nitrogens is 4. The third-order valence-electron chi connectivity index (χ3n) is 4.61. The summed E-state index contributed by atoms with van der Waals surface area (Å²) in [5.41, 5.74) is 3.27. The zero-order valence-corrected chi connectivity index (χ0v) is 16.0. The van der Waals surface area contributed by atoms with Gasteiger partial charge < -0.3 is 14.6 Å². The first-order valence-electron chi connectivity index (χ1n) is 9.24. The first-order valence-corrected chi connectivity index (χ1v) is 9.24. The van der Waals surface area contributed by atoms with Crippen LogP contribution in [0.15, 0.2) is 79.5 Å². The highest BCUT2D eigenvalue weighted by atomic mass is 16.5. The Hall–Kier alpha value is -3.87. The molecule has 0 unspecified atom stereocenters. The number of benzene rings is 2. The minimum atomic E-state index is -0.283. The highest BCUT2D eigenvalue weighted by Gasteiger charge is 2.18. The largest absolute Gasteiger partial charge is 0.493 e. The van der Waals surface area contributed by atoms with E-state index in [1.165, 1.54) is 7.11 Å². The minimum absolute atomic E-state index is 0.253. The monoisotopic (exact) mass is 387 g/mol. The number of nitrogens with zero attached hydrogens (tertiary/aromatic N) is 4. The summed E-state index contributed by atoms with van der Waals surface area (Å²) in [5, 5.41) is 7.37. The average molecular weight is 387 g/mol. The number of hydrogen-bond donors (Lipinski definition) is 1. The van der Waals surface area contributed by atoms with E-state index in [4.69, 9.17) is 4.74 Å². The number of methoxy groups -OCH3 is 1. The van der Waals surface area contributed by atoms with Gasteiger partial charge in [-0.1, -0.05) is 42.5 Å². The van der Waals surface area contributed by atoms with Crippen LogP contribution >= 0.6 is 0 Å². The topological polar surface area (TPSA) is 74.0 Å². The molecule has 0 saturated heterocycles. The Morgan fingerprint density at radius 1 is 1.07 bits per heavy atom. The van der Waals surface area contributed by atoms with E-state index in [-0.39, 0.29) is 11.6 Å². The molecule has 0 atom stereocenters. The average Bonchev–Trinajstić information content (AvgIpc) is 3.43. The molecule has 1 N–H and O–H groups in total. The molecule has 0 fully saturated rings. The molecule has 4 aromatic rings. The number of amides is 1. The van der Waals surface area contributed by atoms with E-state index in [1.807, 2.05) is 65.4 Å². The summed E-state index contributed by atoms with van der Waals surface area (Å²) in [5.74, 6) is 0.145. The van der Waals surface area contributed by atoms with E-state index in [0.717, 1.165) is 16.8 Å². The Kier molecular flexibility index (Phi) is 5.38. The van der Waals surface area contributed by atoms with Crippen molar-refractivity contribution in [2.45, 2.75) is 13.1 Å². The molecule has 0 bridgehead atoms. The SMILES string of the molecule is COc1cn(-c2ccccc2)nc1C(=O)NCc1ccccc1Cn1ccnc1. The van der Waals surface area contributed by atoms with Crippen molar-refractivity contribution in [1.29, 1.82) is 0 Å². The highest BCUT2D eigenvalue weighted by Crippen LogP contribution is 2.20. The van der Waals surface area contributed by atoms with Crippen LogP contribution in [0.5, 0.6) is 5.75 Å². The van der Waals surface area contributed by atoms with Gasteiger partial charge in [-0.25, -0.2) is 9.67 Å². The second-order valence-corrected chi connectivity index (χ2v) is 6.51. The molecule has 4 rings (SSSR count). The molecule has 0 saturated carbocycles. The number of para-hydroxylation sites is 1. The number of ether oxygens (including phenoxy) is 1. The molecule has 0 aliphatic rings. The number of rotatable bonds is 7. The first kappa shape index (κ1) is 18.5. The molecule has 29 heavy (non-hydrogen) atoms. The first-order chi connectivity index (χ1) is 14.2. The zero-order valence-electron chi connectivity index (χ0n) is 16.0. The predicted octanol–water partition coefficient (Wildman–Crippen LogP) is 3.06. The third-order valence-corrected chi connectivity index (χ3v) is 4.61. The lowest BCUT2D eigenvalue weighted by molar-refractivity contribution is 0.0942. The van der Waals surface area contributed by atoms with Crippen LogP contribution in [0.4, 0.5) is 0 Å². The molecule has 0 spiro atoms. The van der Waals surface area contributed by atoms with E-state index in [9.17, 15) is 4.79 Å². The van der Waals surface area contributed by atoms with E-state index >= 15 is 0 Å². The Balaban J connectivity index is 1.50. The quantitative estimate of drug-likeness (QED) is 0.529. The maximum absolute atomic E-state index is 12.8. The fraction of sp³-hybridized carbons (Fsp3) is 0.136. The fourth-order valence-electron chi connectivity index (χ4n) is 3.10. The van der Waals surface area contributed by atoms with Crippen molar-refractivity contribution >= 4 is 5.91 Å². The maximum atomic E-state index is 12.8. The smallest absolute Gasteiger partial charge is 0.275 e. The molecule has 0 aliphatic carbocycles. The molecule has 0 aliphatic heterocycles. The Morgan fingerprint density at radius 3 is 2.55 bits per heavy atom. The van der Waals surface area contributed by atoms with Gasteiger partial charge in [-0.3, -0.25) is 4.79 Å². The van der Waals surface area contributed by atoms with Gasteiger partial charge in [0, 0.05) is 25.5 Å². The van der Waals surface area contributed by atoms with Crippen LogP contribution < -0.4 is 10.1 Å². The second-order valence-electron chi connectivity index (χ2n) is 6.51. The van der Waals surface area contributed by atoms with E-state index in [2.05, 4.69) is 15.4 Å². The lowest BCUT2D eigenvalue weighted by atomic mass is 10.1. The van der Waals surface area contributed by atoms with Crippen LogP contribution in [0.1, 0.15) is 21.6 Å². The van der Waals surface area contributed by atoms with Crippen molar-refractivity contribution in [3.8, 4) is 11.4 Å². The molecule has 7 nitrogen and oxygen atoms in total. The number of carbonyl (C=O) groups is 1. The number of carbonyl (C=O) groups excluding carboxylic acids is 1. The molecule has 146 valence electrons. The maximum Gasteiger partial charge on any atom is 0.275 e. The molecule has 7 heteroatoms. The van der Waals surface area contributed by atoms with Gasteiger partial charge in [0.15, 0.2) is 11.4 Å². The highest BCUT2D eigenvalue weighted by molar-refractivity contribution is 5.94. The second kappa shape index (κ2) is 8.43. The van der Waals surface area contributed by atoms with E-state index in [1.54, 1.807) is 23.4 Å². The lowest BCUT2D eigenvalue weighted by Gasteiger charge is -2.11. The molecule has 2 aromatic carbocycles. The molecule has 1 amide bonds. The van der Waals surface area contributed by atoms with Gasteiger partial charge in [0.1, 0.15) is 0 Å². The van der Waals surface area contributed by atoms with Gasteiger partial charge in [0.05, 0.1) is 25.3 Å². The normalized spacial score (nSPS) is 10.7. The van der Waals surface area contributed by atoms with Crippen LogP contribution in [0.2, 0.25) is 0 Å². The third kappa shape index (κ3) is 4.19. The molecule has 2 heterocycles. The van der Waals surface area contributed by atoms with Crippen LogP contribution in [0.25, 0.3) is 5.69 Å². The van der Waals surface area contributed by atoms with Gasteiger partial charge in [0.25, 0.3) is 5.91 Å². The predicted molar refractivity (Wildman–Crippen MR) is 109 cm³/mol. The number of imidazole rings is 1. The van der Waals surface area contributed by atoms with Gasteiger partial charge >= 0.3 is 0 Å². The summed E-state index contributed by atoms with van der Waals surface area (Å²) < 4.78 is 8.99. The summed E-state index contributed by atoms with van der Waals surface area (Å²) in [7, 11) is 1.53. The molecule has 2 aromatic heterocycles. The standard InChI is InChI=1S/C22H21N5O2/c1-29-20-15-27(19-9-3-2-4-10-19)25-21(20)22(28)24-13-17-7-5-6-8-18(17)14-26-12-11-23-16-26/h2-12,15-16H,13-14H2,1H3,(H,24,28). The Bertz CT molecular complexity index is 1090. The fourth-order valence-corrected chi connectivity index (χ4v) is 3.10. The summed E-state index contributed by atoms with van der Waals surface area (Å²) in [6.45, 7) is 1.09. The molecular formula is C22H21N5O2. The van der Waals surface area contributed by atoms with Gasteiger partial charge in [-0.2, -0.15) is 5.10 Å². The summed E-state index contributed by atoms with van der Waals surface area (Å²) in [6.07, 6.45) is 7.14. The lowest BCUT2D eigenvalue weighted by Crippen LogP contribution is -2.24. The number of hydrogen-bond acceptors (Lipinski definition) is 4. The Labute approximate surface area is 168 Å². The van der Waals surface area contributed by atoms with E-state index in [0.29, 0.717) is 18.8 Å². The van der Waals surface area contributed by atoms with Crippen LogP contribution in [-0.2, 0) is 13.1 Å². The van der Waals surface area contributed by atoms with Crippen LogP contribution in [-0.4, -0.2) is 32.3 Å². The minimum Gasteiger partial charge on any atom is -0.493 e. The van der Waals surface area contributed by atoms with Crippen LogP contribution in [0.3, 0.4) is 0 Å². The number of nitrogens with one attached hydrogen (secondary N) is 1. The summed E-state index contributed by atoms with van der Waals surface area (Å²) in [6, 6.07) is 17.6. The van der Waals surface area contributed by atoms with Gasteiger partial charge in [-0.15, -0.1) is 0 Å². The van der Waals surface area contributed by atoms with Crippen molar-refractivity contribution in [2.24, 2.45) is 0 Å². The molecule has 0 radical (unpaired) electrons. The van der Waals surface area contributed by atoms with Crippen molar-refractivity contribution in [1.82, 2.24) is 24.6 Å². The van der Waals surface area contributed by atoms with Crippen molar-refractivity contribution < 1.29 is 9.53 Å². The summed E-state index contributed by atoms with van der Waals surface area (Å²) in [4.78, 5) is 16.9. The van der Waals surface area contributed by atoms with Crippen molar-refractivity contribution in [3.05, 3.63) is 96.3 Å². The van der Waals surface area contributed by atoms with Crippen molar-refractivity contribution in [3.63, 3.8) is 0 Å². The van der Waals surface area contributed by atoms with Crippen LogP contribution in [0, 0.1) is 0 Å². The molecular weight excluding hydrogens is 366 g/mol. The van der Waals surface area contributed by atoms with Gasteiger partial charge in [-0.05, 0) is 23.3 Å². The summed E-state index contributed by atoms with van der Waals surface area (Å²) >= 11 is 0. The zero-order chi connectivity index (χ0) is 20.1. The Morgan fingerprint density at radius 2 is 1.83 bits per heavy atom.